The third kappa shape index (κ3) is 5.73. The standard InChI is InChI=1S/C20H28N3.2BrH.Co/c1-15-8-6-9-16(2)19(15)21-12-13-23(5)14-22-20-17(3)10-7-11-18(20)4;;;/h6-10,21-22H,12-14H2,1-5H3;2*1H;/q;;;+2/p-2. The molecule has 0 amide bonds. The van der Waals surface area contributed by atoms with Crippen LogP contribution < -0.4 is 15.1 Å². The fourth-order valence-electron chi connectivity index (χ4n) is 2.98. The SMILES string of the molecule is Cc1cccc(C)c1NCCN(C)CNc1c(C)cc[c]([Co]([Br])[Br])c1C. The van der Waals surface area contributed by atoms with Gasteiger partial charge in [0.05, 0.1) is 0 Å². The van der Waals surface area contributed by atoms with E-state index in [0.717, 1.165) is 19.8 Å². The Morgan fingerprint density at radius 1 is 0.885 bits per heavy atom. The molecule has 0 unspecified atom stereocenters. The number of aryl methyl sites for hydroxylation is 3. The van der Waals surface area contributed by atoms with Crippen LogP contribution in [0.5, 0.6) is 0 Å². The number of likely N-dealkylation sites (N-methyl/N-ethyl adjacent to an activating group) is 1. The van der Waals surface area contributed by atoms with Crippen molar-refractivity contribution < 1.29 is 10.1 Å². The van der Waals surface area contributed by atoms with Gasteiger partial charge in [0.15, 0.2) is 0 Å². The van der Waals surface area contributed by atoms with Crippen LogP contribution in [0.1, 0.15) is 22.3 Å². The van der Waals surface area contributed by atoms with E-state index in [1.807, 2.05) is 0 Å². The molecule has 146 valence electrons. The van der Waals surface area contributed by atoms with Gasteiger partial charge in [-0.3, -0.25) is 0 Å². The summed E-state index contributed by atoms with van der Waals surface area (Å²) in [5.74, 6) is 0. The van der Waals surface area contributed by atoms with Crippen molar-refractivity contribution in [3.05, 3.63) is 52.6 Å². The molecule has 2 rings (SSSR count). The predicted molar refractivity (Wildman–Crippen MR) is 119 cm³/mol. The van der Waals surface area contributed by atoms with Crippen LogP contribution in [0.25, 0.3) is 0 Å². The molecule has 0 bridgehead atoms. The Morgan fingerprint density at radius 2 is 1.50 bits per heavy atom. The average molecular weight is 529 g/mol. The summed E-state index contributed by atoms with van der Waals surface area (Å²) < 4.78 is 1.32. The second-order valence-electron chi connectivity index (χ2n) is 6.62. The minimum atomic E-state index is -0.429. The van der Waals surface area contributed by atoms with Crippen molar-refractivity contribution in [3.8, 4) is 0 Å². The van der Waals surface area contributed by atoms with E-state index in [2.05, 4.69) is 109 Å². The molecule has 0 atom stereocenters. The first-order valence-electron chi connectivity index (χ1n) is 8.61. The van der Waals surface area contributed by atoms with E-state index in [-0.39, 0.29) is 0 Å². The van der Waals surface area contributed by atoms with Gasteiger partial charge < -0.3 is 0 Å². The minimum absolute atomic E-state index is 0.429. The maximum atomic E-state index is 3.67. The number of halogens is 2. The van der Waals surface area contributed by atoms with Crippen molar-refractivity contribution >= 4 is 44.2 Å². The molecule has 2 aromatic carbocycles. The molecule has 0 radical (unpaired) electrons. The zero-order valence-electron chi connectivity index (χ0n) is 16.0. The summed E-state index contributed by atoms with van der Waals surface area (Å²) in [6, 6.07) is 10.8. The number of anilines is 2. The molecule has 2 N–H and O–H groups in total. The van der Waals surface area contributed by atoms with Crippen molar-refractivity contribution in [1.82, 2.24) is 4.90 Å². The molecular weight excluding hydrogens is 501 g/mol. The molecule has 2 aromatic rings. The fraction of sp³-hybridized carbons (Fsp3) is 0.400. The zero-order chi connectivity index (χ0) is 19.3. The topological polar surface area (TPSA) is 27.3 Å². The van der Waals surface area contributed by atoms with E-state index in [4.69, 9.17) is 0 Å². The van der Waals surface area contributed by atoms with Crippen molar-refractivity contribution in [2.45, 2.75) is 27.7 Å². The van der Waals surface area contributed by atoms with Crippen LogP contribution in [0.2, 0.25) is 0 Å². The van der Waals surface area contributed by atoms with E-state index in [1.165, 1.54) is 38.1 Å². The molecule has 0 aliphatic heterocycles. The van der Waals surface area contributed by atoms with Crippen LogP contribution in [-0.2, 0) is 10.1 Å². The summed E-state index contributed by atoms with van der Waals surface area (Å²) in [6.45, 7) is 11.4. The second kappa shape index (κ2) is 10.1. The van der Waals surface area contributed by atoms with E-state index in [0.29, 0.717) is 0 Å². The number of nitrogens with one attached hydrogen (secondary N) is 2. The Morgan fingerprint density at radius 3 is 2.12 bits per heavy atom. The molecule has 0 saturated carbocycles. The Labute approximate surface area is 176 Å². The zero-order valence-corrected chi connectivity index (χ0v) is 20.3. The summed E-state index contributed by atoms with van der Waals surface area (Å²) in [7, 11) is 1.72. The second-order valence-corrected chi connectivity index (χ2v) is 15.0. The molecule has 0 heterocycles. The molecule has 3 nitrogen and oxygen atoms in total. The van der Waals surface area contributed by atoms with Gasteiger partial charge in [-0.05, 0) is 0 Å². The molecular formula is C20H28Br2CoN3. The van der Waals surface area contributed by atoms with Gasteiger partial charge in [-0.15, -0.1) is 0 Å². The summed E-state index contributed by atoms with van der Waals surface area (Å²) in [6.07, 6.45) is 0. The molecule has 0 aromatic heterocycles. The third-order valence-electron chi connectivity index (χ3n) is 4.52. The third-order valence-corrected chi connectivity index (χ3v) is 7.86. The van der Waals surface area contributed by atoms with Crippen LogP contribution in [0, 0.1) is 27.7 Å². The maximum absolute atomic E-state index is 3.67. The van der Waals surface area contributed by atoms with Gasteiger partial charge in [0.25, 0.3) is 0 Å². The number of hydrogen-bond acceptors (Lipinski definition) is 3. The fourth-order valence-corrected chi connectivity index (χ4v) is 5.98. The Bertz CT molecular complexity index is 730. The first-order chi connectivity index (χ1) is 12.3. The molecule has 0 aliphatic rings. The van der Waals surface area contributed by atoms with Crippen LogP contribution >= 0.6 is 28.3 Å². The number of benzene rings is 2. The quantitative estimate of drug-likeness (QED) is 0.461. The van der Waals surface area contributed by atoms with Gasteiger partial charge in [-0.2, -0.15) is 0 Å². The van der Waals surface area contributed by atoms with E-state index >= 15 is 0 Å². The predicted octanol–water partition coefficient (Wildman–Crippen LogP) is 5.20. The molecule has 6 heteroatoms. The Kier molecular flexibility index (Phi) is 8.48. The van der Waals surface area contributed by atoms with E-state index in [9.17, 15) is 0 Å². The first-order valence-corrected chi connectivity index (χ1v) is 14.3. The average Bonchev–Trinajstić information content (AvgIpc) is 2.57. The normalized spacial score (nSPS) is 11.6. The van der Waals surface area contributed by atoms with Crippen molar-refractivity contribution in [1.29, 1.82) is 0 Å². The number of para-hydroxylation sites is 1. The van der Waals surface area contributed by atoms with Crippen LogP contribution in [0.3, 0.4) is 0 Å². The summed E-state index contributed by atoms with van der Waals surface area (Å²) >= 11 is 7.35. The Balaban J connectivity index is 1.89. The molecule has 0 fully saturated rings. The number of hydrogen-bond donors (Lipinski definition) is 2. The van der Waals surface area contributed by atoms with Crippen LogP contribution in [-0.4, -0.2) is 31.7 Å². The number of rotatable bonds is 8. The van der Waals surface area contributed by atoms with Crippen molar-refractivity contribution in [2.24, 2.45) is 0 Å². The van der Waals surface area contributed by atoms with Crippen molar-refractivity contribution in [2.75, 3.05) is 37.4 Å². The van der Waals surface area contributed by atoms with Crippen molar-refractivity contribution in [3.63, 3.8) is 0 Å². The Hall–Kier alpha value is -0.534. The molecule has 0 aliphatic carbocycles. The van der Waals surface area contributed by atoms with E-state index < -0.39 is 10.1 Å². The van der Waals surface area contributed by atoms with Gasteiger partial charge >= 0.3 is 171 Å². The molecule has 0 spiro atoms. The number of nitrogens with zero attached hydrogens (tertiary/aromatic N) is 1. The summed E-state index contributed by atoms with van der Waals surface area (Å²) in [4.78, 5) is 2.30. The van der Waals surface area contributed by atoms with Gasteiger partial charge in [0.1, 0.15) is 0 Å². The molecule has 26 heavy (non-hydrogen) atoms. The van der Waals surface area contributed by atoms with E-state index in [1.54, 1.807) is 0 Å². The summed E-state index contributed by atoms with van der Waals surface area (Å²) in [5.41, 5.74) is 7.69. The molecule has 0 saturated heterocycles. The first kappa shape index (κ1) is 21.8. The summed E-state index contributed by atoms with van der Waals surface area (Å²) in [5, 5.41) is 7.19. The monoisotopic (exact) mass is 527 g/mol. The van der Waals surface area contributed by atoms with Gasteiger partial charge in [-0.25, -0.2) is 0 Å². The van der Waals surface area contributed by atoms with Gasteiger partial charge in [0, 0.05) is 0 Å². The van der Waals surface area contributed by atoms with Crippen LogP contribution in [0.4, 0.5) is 11.4 Å². The van der Waals surface area contributed by atoms with Gasteiger partial charge in [-0.1, -0.05) is 6.07 Å². The van der Waals surface area contributed by atoms with Gasteiger partial charge in [0.2, 0.25) is 0 Å². The van der Waals surface area contributed by atoms with Crippen LogP contribution in [0.15, 0.2) is 30.3 Å².